The molecule has 7 heteroatoms. The van der Waals surface area contributed by atoms with Gasteiger partial charge in [-0.3, -0.25) is 0 Å². The standard InChI is InChI=1S/C8H8F3NO2S/c1-5-3-2-4-6(8(9,10)11)7(5)15(12,13)14/h2-4H,1H3,(H2,12,13,14). The van der Waals surface area contributed by atoms with Crippen LogP contribution in [0.15, 0.2) is 23.1 Å². The number of nitrogens with two attached hydrogens (primary N) is 1. The second-order valence-electron chi connectivity index (χ2n) is 2.99. The van der Waals surface area contributed by atoms with E-state index in [-0.39, 0.29) is 5.56 Å². The molecular weight excluding hydrogens is 231 g/mol. The molecule has 0 aliphatic rings. The highest BCUT2D eigenvalue weighted by atomic mass is 32.2. The molecule has 0 saturated heterocycles. The third-order valence-electron chi connectivity index (χ3n) is 1.80. The van der Waals surface area contributed by atoms with E-state index in [1.807, 2.05) is 0 Å². The molecule has 2 N–H and O–H groups in total. The maximum absolute atomic E-state index is 12.4. The highest BCUT2D eigenvalue weighted by Gasteiger charge is 2.36. The Labute approximate surface area is 84.8 Å². The molecule has 15 heavy (non-hydrogen) atoms. The molecule has 0 atom stereocenters. The molecule has 0 bridgehead atoms. The summed E-state index contributed by atoms with van der Waals surface area (Å²) in [6.45, 7) is 1.26. The maximum atomic E-state index is 12.4. The summed E-state index contributed by atoms with van der Waals surface area (Å²) in [5.41, 5.74) is -1.25. The van der Waals surface area contributed by atoms with Crippen molar-refractivity contribution in [1.82, 2.24) is 0 Å². The van der Waals surface area contributed by atoms with Gasteiger partial charge in [0.25, 0.3) is 0 Å². The quantitative estimate of drug-likeness (QED) is 0.810. The Morgan fingerprint density at radius 2 is 1.80 bits per heavy atom. The van der Waals surface area contributed by atoms with Gasteiger partial charge in [0.1, 0.15) is 0 Å². The molecular formula is C8H8F3NO2S. The summed E-state index contributed by atoms with van der Waals surface area (Å²) in [7, 11) is -4.37. The first-order chi connectivity index (χ1) is 6.64. The predicted molar refractivity (Wildman–Crippen MR) is 47.6 cm³/mol. The molecule has 0 spiro atoms. The van der Waals surface area contributed by atoms with Gasteiger partial charge in [0.15, 0.2) is 0 Å². The Morgan fingerprint density at radius 1 is 1.27 bits per heavy atom. The second-order valence-corrected chi connectivity index (χ2v) is 4.49. The average molecular weight is 239 g/mol. The minimum Gasteiger partial charge on any atom is -0.225 e. The monoisotopic (exact) mass is 239 g/mol. The SMILES string of the molecule is Cc1cccc(C(F)(F)F)c1S(N)(=O)=O. The van der Waals surface area contributed by atoms with Crippen molar-refractivity contribution < 1.29 is 21.6 Å². The first kappa shape index (κ1) is 12.0. The zero-order valence-electron chi connectivity index (χ0n) is 7.67. The molecule has 1 aromatic rings. The van der Waals surface area contributed by atoms with E-state index in [2.05, 4.69) is 0 Å². The minimum absolute atomic E-state index is 0.0210. The third-order valence-corrected chi connectivity index (χ3v) is 2.91. The fraction of sp³-hybridized carbons (Fsp3) is 0.250. The summed E-state index contributed by atoms with van der Waals surface area (Å²) in [5.74, 6) is 0. The Morgan fingerprint density at radius 3 is 2.13 bits per heavy atom. The number of aryl methyl sites for hydroxylation is 1. The van der Waals surface area contributed by atoms with Gasteiger partial charge >= 0.3 is 6.18 Å². The van der Waals surface area contributed by atoms with Crippen molar-refractivity contribution in [1.29, 1.82) is 0 Å². The Balaban J connectivity index is 3.63. The van der Waals surface area contributed by atoms with Crippen molar-refractivity contribution in [3.05, 3.63) is 29.3 Å². The minimum atomic E-state index is -4.73. The molecule has 0 unspecified atom stereocenters. The Hall–Kier alpha value is -1.08. The van der Waals surface area contributed by atoms with Crippen LogP contribution in [0, 0.1) is 6.92 Å². The van der Waals surface area contributed by atoms with E-state index < -0.39 is 26.7 Å². The van der Waals surface area contributed by atoms with Crippen LogP contribution in [0.3, 0.4) is 0 Å². The van der Waals surface area contributed by atoms with E-state index in [0.717, 1.165) is 6.07 Å². The number of halogens is 3. The van der Waals surface area contributed by atoms with Crippen LogP contribution in [0.1, 0.15) is 11.1 Å². The molecule has 0 aliphatic heterocycles. The van der Waals surface area contributed by atoms with Crippen LogP contribution >= 0.6 is 0 Å². The van der Waals surface area contributed by atoms with Crippen LogP contribution in [0.2, 0.25) is 0 Å². The first-order valence-electron chi connectivity index (χ1n) is 3.83. The largest absolute Gasteiger partial charge is 0.417 e. The van der Waals surface area contributed by atoms with Gasteiger partial charge in [-0.2, -0.15) is 13.2 Å². The highest BCUT2D eigenvalue weighted by Crippen LogP contribution is 2.34. The summed E-state index contributed by atoms with van der Waals surface area (Å²) < 4.78 is 59.3. The predicted octanol–water partition coefficient (Wildman–Crippen LogP) is 1.66. The van der Waals surface area contributed by atoms with Crippen molar-refractivity contribution in [2.24, 2.45) is 5.14 Å². The van der Waals surface area contributed by atoms with Crippen molar-refractivity contribution in [2.75, 3.05) is 0 Å². The number of hydrogen-bond acceptors (Lipinski definition) is 2. The van der Waals surface area contributed by atoms with Crippen LogP contribution in [-0.2, 0) is 16.2 Å². The van der Waals surface area contributed by atoms with Crippen molar-refractivity contribution in [3.8, 4) is 0 Å². The van der Waals surface area contributed by atoms with E-state index in [0.29, 0.717) is 6.07 Å². The summed E-state index contributed by atoms with van der Waals surface area (Å²) in [5, 5.41) is 4.73. The fourth-order valence-electron chi connectivity index (χ4n) is 1.25. The third kappa shape index (κ3) is 2.48. The van der Waals surface area contributed by atoms with Crippen LogP contribution in [0.25, 0.3) is 0 Å². The van der Waals surface area contributed by atoms with Crippen LogP contribution in [0.5, 0.6) is 0 Å². The van der Waals surface area contributed by atoms with E-state index in [9.17, 15) is 21.6 Å². The number of rotatable bonds is 1. The van der Waals surface area contributed by atoms with Gasteiger partial charge in [0.2, 0.25) is 10.0 Å². The first-order valence-corrected chi connectivity index (χ1v) is 5.38. The molecule has 0 fully saturated rings. The molecule has 84 valence electrons. The Bertz CT molecular complexity index is 479. The molecule has 0 saturated carbocycles. The zero-order valence-corrected chi connectivity index (χ0v) is 8.48. The van der Waals surface area contributed by atoms with Crippen molar-refractivity contribution in [3.63, 3.8) is 0 Å². The summed E-state index contributed by atoms with van der Waals surface area (Å²) >= 11 is 0. The summed E-state index contributed by atoms with van der Waals surface area (Å²) in [6.07, 6.45) is -4.73. The van der Waals surface area contributed by atoms with Crippen LogP contribution in [0.4, 0.5) is 13.2 Å². The van der Waals surface area contributed by atoms with Crippen LogP contribution < -0.4 is 5.14 Å². The number of benzene rings is 1. The lowest BCUT2D eigenvalue weighted by atomic mass is 10.1. The number of hydrogen-bond donors (Lipinski definition) is 1. The van der Waals surface area contributed by atoms with Gasteiger partial charge in [0, 0.05) is 0 Å². The second kappa shape index (κ2) is 3.49. The lowest BCUT2D eigenvalue weighted by Crippen LogP contribution is -2.20. The van der Waals surface area contributed by atoms with E-state index in [1.165, 1.54) is 13.0 Å². The molecule has 0 aromatic heterocycles. The molecule has 0 amide bonds. The molecule has 0 radical (unpaired) electrons. The number of primary sulfonamides is 1. The smallest absolute Gasteiger partial charge is 0.225 e. The van der Waals surface area contributed by atoms with Crippen LogP contribution in [-0.4, -0.2) is 8.42 Å². The lowest BCUT2D eigenvalue weighted by molar-refractivity contribution is -0.139. The fourth-order valence-corrected chi connectivity index (χ4v) is 2.26. The Kier molecular flexibility index (Phi) is 2.79. The van der Waals surface area contributed by atoms with E-state index in [1.54, 1.807) is 0 Å². The highest BCUT2D eigenvalue weighted by molar-refractivity contribution is 7.89. The van der Waals surface area contributed by atoms with Gasteiger partial charge in [-0.1, -0.05) is 12.1 Å². The molecule has 1 aromatic carbocycles. The van der Waals surface area contributed by atoms with Gasteiger partial charge in [-0.25, -0.2) is 13.6 Å². The van der Waals surface area contributed by atoms with Gasteiger partial charge in [-0.15, -0.1) is 0 Å². The summed E-state index contributed by atoms with van der Waals surface area (Å²) in [6, 6.07) is 3.08. The van der Waals surface area contributed by atoms with Crippen molar-refractivity contribution in [2.45, 2.75) is 18.0 Å². The number of sulfonamides is 1. The summed E-state index contributed by atoms with van der Waals surface area (Å²) in [4.78, 5) is -0.863. The maximum Gasteiger partial charge on any atom is 0.417 e. The topological polar surface area (TPSA) is 60.2 Å². The molecule has 0 aliphatic carbocycles. The molecule has 1 rings (SSSR count). The van der Waals surface area contributed by atoms with E-state index in [4.69, 9.17) is 5.14 Å². The van der Waals surface area contributed by atoms with E-state index >= 15 is 0 Å². The molecule has 3 nitrogen and oxygen atoms in total. The van der Waals surface area contributed by atoms with Gasteiger partial charge in [-0.05, 0) is 18.6 Å². The zero-order chi connectivity index (χ0) is 11.9. The molecule has 0 heterocycles. The normalized spacial score (nSPS) is 12.9. The lowest BCUT2D eigenvalue weighted by Gasteiger charge is -2.12. The van der Waals surface area contributed by atoms with Crippen molar-refractivity contribution >= 4 is 10.0 Å². The van der Waals surface area contributed by atoms with Gasteiger partial charge < -0.3 is 0 Å². The average Bonchev–Trinajstić information content (AvgIpc) is 1.99. The number of alkyl halides is 3. The van der Waals surface area contributed by atoms with Gasteiger partial charge in [0.05, 0.1) is 10.5 Å².